The minimum atomic E-state index is -0.716. The smallest absolute Gasteiger partial charge is 0.265 e. The molecule has 0 aliphatic carbocycles. The fraction of sp³-hybridized carbons (Fsp3) is 0.143. The molecule has 0 saturated carbocycles. The maximum absolute atomic E-state index is 12.5. The van der Waals surface area contributed by atoms with E-state index in [-0.39, 0.29) is 18.4 Å². The molecule has 0 fully saturated rings. The van der Waals surface area contributed by atoms with Crippen molar-refractivity contribution in [3.8, 4) is 5.75 Å². The third kappa shape index (κ3) is 4.98. The molecular weight excluding hydrogens is 344 g/mol. The Hall–Kier alpha value is -3.54. The number of rotatable bonds is 7. The van der Waals surface area contributed by atoms with E-state index >= 15 is 0 Å². The van der Waals surface area contributed by atoms with Gasteiger partial charge in [0.25, 0.3) is 11.8 Å². The molecule has 6 nitrogen and oxygen atoms in total. The molecule has 27 heavy (non-hydrogen) atoms. The number of ether oxygens (including phenoxy) is 1. The number of hydrogen-bond acceptors (Lipinski definition) is 4. The molecule has 0 aliphatic rings. The van der Waals surface area contributed by atoms with Gasteiger partial charge in [0.15, 0.2) is 6.10 Å². The molecule has 0 aliphatic heterocycles. The fourth-order valence-electron chi connectivity index (χ4n) is 2.46. The van der Waals surface area contributed by atoms with Crippen LogP contribution in [0.3, 0.4) is 0 Å². The lowest BCUT2D eigenvalue weighted by atomic mass is 10.1. The van der Waals surface area contributed by atoms with Gasteiger partial charge in [0, 0.05) is 0 Å². The monoisotopic (exact) mass is 364 g/mol. The van der Waals surface area contributed by atoms with Gasteiger partial charge in [-0.3, -0.25) is 9.59 Å². The standard InChI is InChI=1S/C21H20N2O4/c1-15(27-16-8-3-2-4-9-16)20(24)23-19-12-6-5-11-18(19)21(25)22-14-17-10-7-13-26-17/h2-13,15H,14H2,1H3,(H,22,25)(H,23,24). The van der Waals surface area contributed by atoms with Gasteiger partial charge in [-0.25, -0.2) is 0 Å². The number of benzene rings is 2. The summed E-state index contributed by atoms with van der Waals surface area (Å²) in [6.07, 6.45) is 0.829. The summed E-state index contributed by atoms with van der Waals surface area (Å²) in [6, 6.07) is 19.4. The minimum absolute atomic E-state index is 0.266. The van der Waals surface area contributed by atoms with Crippen LogP contribution >= 0.6 is 0 Å². The number of hydrogen-bond donors (Lipinski definition) is 2. The van der Waals surface area contributed by atoms with Crippen molar-refractivity contribution in [2.75, 3.05) is 5.32 Å². The van der Waals surface area contributed by atoms with Gasteiger partial charge in [0.2, 0.25) is 0 Å². The normalized spacial score (nSPS) is 11.4. The Labute approximate surface area is 157 Å². The summed E-state index contributed by atoms with van der Waals surface area (Å²) in [5, 5.41) is 5.53. The number of anilines is 1. The van der Waals surface area contributed by atoms with Crippen molar-refractivity contribution in [2.24, 2.45) is 0 Å². The highest BCUT2D eigenvalue weighted by atomic mass is 16.5. The Balaban J connectivity index is 1.64. The highest BCUT2D eigenvalue weighted by Gasteiger charge is 2.18. The number of nitrogens with one attached hydrogen (secondary N) is 2. The quantitative estimate of drug-likeness (QED) is 0.671. The summed E-state index contributed by atoms with van der Waals surface area (Å²) in [4.78, 5) is 24.9. The molecule has 6 heteroatoms. The Kier molecular flexibility index (Phi) is 5.89. The van der Waals surface area contributed by atoms with Crippen molar-refractivity contribution in [2.45, 2.75) is 19.6 Å². The van der Waals surface area contributed by atoms with E-state index in [2.05, 4.69) is 10.6 Å². The molecule has 2 aromatic carbocycles. The van der Waals surface area contributed by atoms with E-state index in [1.807, 2.05) is 18.2 Å². The molecule has 0 saturated heterocycles. The summed E-state index contributed by atoms with van der Waals surface area (Å²) in [6.45, 7) is 1.92. The second-order valence-electron chi connectivity index (χ2n) is 5.87. The van der Waals surface area contributed by atoms with Gasteiger partial charge in [-0.15, -0.1) is 0 Å². The van der Waals surface area contributed by atoms with Crippen LogP contribution in [0, 0.1) is 0 Å². The summed E-state index contributed by atoms with van der Waals surface area (Å²) in [5.74, 6) is 0.600. The van der Waals surface area contributed by atoms with E-state index in [0.717, 1.165) is 0 Å². The van der Waals surface area contributed by atoms with Crippen molar-refractivity contribution in [3.05, 3.63) is 84.3 Å². The number of carbonyl (C=O) groups excluding carboxylic acids is 2. The van der Waals surface area contributed by atoms with Crippen LogP contribution in [0.15, 0.2) is 77.4 Å². The van der Waals surface area contributed by atoms with Gasteiger partial charge < -0.3 is 19.8 Å². The van der Waals surface area contributed by atoms with Crippen molar-refractivity contribution in [1.29, 1.82) is 0 Å². The SMILES string of the molecule is CC(Oc1ccccc1)C(=O)Nc1ccccc1C(=O)NCc1ccco1. The zero-order valence-corrected chi connectivity index (χ0v) is 14.8. The van der Waals surface area contributed by atoms with Gasteiger partial charge >= 0.3 is 0 Å². The molecule has 2 N–H and O–H groups in total. The average molecular weight is 364 g/mol. The summed E-state index contributed by atoms with van der Waals surface area (Å²) in [7, 11) is 0. The average Bonchev–Trinajstić information content (AvgIpc) is 3.21. The van der Waals surface area contributed by atoms with Gasteiger partial charge in [-0.1, -0.05) is 30.3 Å². The van der Waals surface area contributed by atoms with E-state index in [1.54, 1.807) is 61.7 Å². The first-order valence-electron chi connectivity index (χ1n) is 8.55. The number of furan rings is 1. The lowest BCUT2D eigenvalue weighted by molar-refractivity contribution is -0.122. The van der Waals surface area contributed by atoms with E-state index < -0.39 is 6.10 Å². The first kappa shape index (κ1) is 18.3. The molecule has 3 aromatic rings. The minimum Gasteiger partial charge on any atom is -0.481 e. The molecule has 3 rings (SSSR count). The topological polar surface area (TPSA) is 80.6 Å². The summed E-state index contributed by atoms with van der Waals surface area (Å²) >= 11 is 0. The van der Waals surface area contributed by atoms with E-state index in [4.69, 9.17) is 9.15 Å². The maximum Gasteiger partial charge on any atom is 0.265 e. The van der Waals surface area contributed by atoms with E-state index in [1.165, 1.54) is 0 Å². The zero-order valence-electron chi connectivity index (χ0n) is 14.8. The van der Waals surface area contributed by atoms with Crippen LogP contribution in [0.5, 0.6) is 5.75 Å². The lowest BCUT2D eigenvalue weighted by Crippen LogP contribution is -2.31. The molecular formula is C21H20N2O4. The molecule has 0 bridgehead atoms. The van der Waals surface area contributed by atoms with E-state index in [0.29, 0.717) is 22.8 Å². The van der Waals surface area contributed by atoms with Crippen molar-refractivity contribution in [3.63, 3.8) is 0 Å². The van der Waals surface area contributed by atoms with Crippen molar-refractivity contribution in [1.82, 2.24) is 5.32 Å². The lowest BCUT2D eigenvalue weighted by Gasteiger charge is -2.16. The predicted molar refractivity (Wildman–Crippen MR) is 101 cm³/mol. The van der Waals surface area contributed by atoms with Crippen molar-refractivity contribution >= 4 is 17.5 Å². The second-order valence-corrected chi connectivity index (χ2v) is 5.87. The number of carbonyl (C=O) groups is 2. The highest BCUT2D eigenvalue weighted by molar-refractivity contribution is 6.04. The fourth-order valence-corrected chi connectivity index (χ4v) is 2.46. The van der Waals surface area contributed by atoms with E-state index in [9.17, 15) is 9.59 Å². The summed E-state index contributed by atoms with van der Waals surface area (Å²) < 4.78 is 10.8. The third-order valence-corrected chi connectivity index (χ3v) is 3.86. The number of para-hydroxylation sites is 2. The first-order valence-corrected chi connectivity index (χ1v) is 8.55. The van der Waals surface area contributed by atoms with Gasteiger partial charge in [0.1, 0.15) is 11.5 Å². The first-order chi connectivity index (χ1) is 13.1. The molecule has 1 unspecified atom stereocenters. The second kappa shape index (κ2) is 8.71. The Bertz CT molecular complexity index is 892. The molecule has 138 valence electrons. The van der Waals surface area contributed by atoms with Crippen LogP contribution in [0.25, 0.3) is 0 Å². The molecule has 2 amide bonds. The Morgan fingerprint density at radius 3 is 2.48 bits per heavy atom. The van der Waals surface area contributed by atoms with Crippen LogP contribution in [0.2, 0.25) is 0 Å². The maximum atomic E-state index is 12.5. The van der Waals surface area contributed by atoms with Crippen LogP contribution in [0.1, 0.15) is 23.0 Å². The van der Waals surface area contributed by atoms with Gasteiger partial charge in [0.05, 0.1) is 24.1 Å². The number of amides is 2. The molecule has 1 heterocycles. The molecule has 1 atom stereocenters. The zero-order chi connectivity index (χ0) is 19.1. The largest absolute Gasteiger partial charge is 0.481 e. The van der Waals surface area contributed by atoms with Crippen LogP contribution < -0.4 is 15.4 Å². The molecule has 0 spiro atoms. The van der Waals surface area contributed by atoms with Gasteiger partial charge in [-0.05, 0) is 43.3 Å². The van der Waals surface area contributed by atoms with Gasteiger partial charge in [-0.2, -0.15) is 0 Å². The van der Waals surface area contributed by atoms with Crippen molar-refractivity contribution < 1.29 is 18.7 Å². The highest BCUT2D eigenvalue weighted by Crippen LogP contribution is 2.17. The van der Waals surface area contributed by atoms with Crippen LogP contribution in [-0.2, 0) is 11.3 Å². The molecule has 0 radical (unpaired) electrons. The third-order valence-electron chi connectivity index (χ3n) is 3.86. The van der Waals surface area contributed by atoms with Crippen LogP contribution in [0.4, 0.5) is 5.69 Å². The Morgan fingerprint density at radius 1 is 1.00 bits per heavy atom. The van der Waals surface area contributed by atoms with Crippen LogP contribution in [-0.4, -0.2) is 17.9 Å². The Morgan fingerprint density at radius 2 is 1.74 bits per heavy atom. The molecule has 1 aromatic heterocycles. The summed E-state index contributed by atoms with van der Waals surface area (Å²) in [5.41, 5.74) is 0.785. The predicted octanol–water partition coefficient (Wildman–Crippen LogP) is 3.62.